The van der Waals surface area contributed by atoms with Gasteiger partial charge in [-0.3, -0.25) is 0 Å². The smallest absolute Gasteiger partial charge is 0.00963 e. The Bertz CT molecular complexity index is 174. The third-order valence-corrected chi connectivity index (χ3v) is 3.71. The molecule has 0 aromatic rings. The molecule has 0 saturated heterocycles. The van der Waals surface area contributed by atoms with Crippen LogP contribution in [-0.2, 0) is 0 Å². The van der Waals surface area contributed by atoms with Crippen LogP contribution in [-0.4, -0.2) is 55.6 Å². The van der Waals surface area contributed by atoms with Gasteiger partial charge in [-0.2, -0.15) is 0 Å². The third kappa shape index (κ3) is 4.81. The SMILES string of the molecule is CCN(CCCN(C)C)C1CCC(N)CC1. The quantitative estimate of drug-likeness (QED) is 0.747. The topological polar surface area (TPSA) is 32.5 Å². The van der Waals surface area contributed by atoms with Crippen molar-refractivity contribution in [2.24, 2.45) is 5.73 Å². The zero-order valence-electron chi connectivity index (χ0n) is 11.3. The van der Waals surface area contributed by atoms with Crippen molar-refractivity contribution in [3.8, 4) is 0 Å². The molecule has 0 unspecified atom stereocenters. The maximum atomic E-state index is 5.95. The van der Waals surface area contributed by atoms with E-state index in [0.717, 1.165) is 6.04 Å². The van der Waals surface area contributed by atoms with Crippen molar-refractivity contribution in [1.82, 2.24) is 9.80 Å². The maximum absolute atomic E-state index is 5.95. The van der Waals surface area contributed by atoms with Gasteiger partial charge in [-0.15, -0.1) is 0 Å². The first-order chi connectivity index (χ1) is 7.63. The van der Waals surface area contributed by atoms with E-state index >= 15 is 0 Å². The molecule has 0 spiro atoms. The summed E-state index contributed by atoms with van der Waals surface area (Å²) in [5.74, 6) is 0. The second-order valence-corrected chi connectivity index (χ2v) is 5.35. The number of hydrogen-bond acceptors (Lipinski definition) is 3. The predicted molar refractivity (Wildman–Crippen MR) is 70.6 cm³/mol. The van der Waals surface area contributed by atoms with E-state index < -0.39 is 0 Å². The molecule has 0 atom stereocenters. The molecule has 0 amide bonds. The first kappa shape index (κ1) is 13.9. The molecule has 0 radical (unpaired) electrons. The lowest BCUT2D eigenvalue weighted by atomic mass is 9.90. The average molecular weight is 227 g/mol. The zero-order valence-corrected chi connectivity index (χ0v) is 11.3. The van der Waals surface area contributed by atoms with Crippen molar-refractivity contribution in [2.45, 2.75) is 51.1 Å². The number of nitrogens with zero attached hydrogens (tertiary/aromatic N) is 2. The largest absolute Gasteiger partial charge is 0.328 e. The zero-order chi connectivity index (χ0) is 12.0. The summed E-state index contributed by atoms with van der Waals surface area (Å²) in [4.78, 5) is 4.92. The summed E-state index contributed by atoms with van der Waals surface area (Å²) in [5, 5.41) is 0. The standard InChI is InChI=1S/C13H29N3/c1-4-16(11-5-10-15(2)3)13-8-6-12(14)7-9-13/h12-13H,4-11,14H2,1-3H3. The minimum absolute atomic E-state index is 0.469. The minimum Gasteiger partial charge on any atom is -0.328 e. The first-order valence-corrected chi connectivity index (χ1v) is 6.77. The molecular formula is C13H29N3. The van der Waals surface area contributed by atoms with Gasteiger partial charge in [-0.05, 0) is 65.8 Å². The number of nitrogens with two attached hydrogens (primary N) is 1. The predicted octanol–water partition coefficient (Wildman–Crippen LogP) is 1.53. The molecule has 96 valence electrons. The Morgan fingerprint density at radius 1 is 1.06 bits per heavy atom. The lowest BCUT2D eigenvalue weighted by Gasteiger charge is -2.35. The molecule has 1 rings (SSSR count). The van der Waals surface area contributed by atoms with E-state index in [2.05, 4.69) is 30.8 Å². The van der Waals surface area contributed by atoms with Crippen LogP contribution in [0.2, 0.25) is 0 Å². The molecular weight excluding hydrogens is 198 g/mol. The van der Waals surface area contributed by atoms with Crippen molar-refractivity contribution in [3.05, 3.63) is 0 Å². The van der Waals surface area contributed by atoms with Gasteiger partial charge in [0.2, 0.25) is 0 Å². The second kappa shape index (κ2) is 7.25. The normalized spacial score (nSPS) is 26.6. The minimum atomic E-state index is 0.469. The van der Waals surface area contributed by atoms with Gasteiger partial charge in [0.25, 0.3) is 0 Å². The summed E-state index contributed by atoms with van der Waals surface area (Å²) in [5.41, 5.74) is 5.95. The van der Waals surface area contributed by atoms with Crippen LogP contribution in [0.4, 0.5) is 0 Å². The van der Waals surface area contributed by atoms with E-state index in [1.54, 1.807) is 0 Å². The van der Waals surface area contributed by atoms with Crippen LogP contribution in [0, 0.1) is 0 Å². The summed E-state index contributed by atoms with van der Waals surface area (Å²) in [6, 6.07) is 1.27. The van der Waals surface area contributed by atoms with E-state index in [9.17, 15) is 0 Å². The summed E-state index contributed by atoms with van der Waals surface area (Å²) < 4.78 is 0. The van der Waals surface area contributed by atoms with E-state index in [4.69, 9.17) is 5.73 Å². The molecule has 3 nitrogen and oxygen atoms in total. The van der Waals surface area contributed by atoms with Crippen LogP contribution in [0.15, 0.2) is 0 Å². The van der Waals surface area contributed by atoms with Gasteiger partial charge in [0.15, 0.2) is 0 Å². The Balaban J connectivity index is 2.24. The molecule has 2 N–H and O–H groups in total. The fraction of sp³-hybridized carbons (Fsp3) is 1.00. The van der Waals surface area contributed by atoms with E-state index in [0.29, 0.717) is 6.04 Å². The monoisotopic (exact) mass is 227 g/mol. The van der Waals surface area contributed by atoms with Gasteiger partial charge in [-0.1, -0.05) is 6.92 Å². The molecule has 3 heteroatoms. The highest BCUT2D eigenvalue weighted by molar-refractivity contribution is 4.80. The van der Waals surface area contributed by atoms with Crippen molar-refractivity contribution < 1.29 is 0 Å². The van der Waals surface area contributed by atoms with E-state index in [-0.39, 0.29) is 0 Å². The summed E-state index contributed by atoms with van der Waals surface area (Å²) in [7, 11) is 4.30. The van der Waals surface area contributed by atoms with Gasteiger partial charge >= 0.3 is 0 Å². The molecule has 1 saturated carbocycles. The molecule has 0 aromatic heterocycles. The highest BCUT2D eigenvalue weighted by Crippen LogP contribution is 2.22. The van der Waals surface area contributed by atoms with Gasteiger partial charge in [0.05, 0.1) is 0 Å². The Morgan fingerprint density at radius 3 is 2.19 bits per heavy atom. The first-order valence-electron chi connectivity index (χ1n) is 6.77. The van der Waals surface area contributed by atoms with Crippen molar-refractivity contribution >= 4 is 0 Å². The fourth-order valence-corrected chi connectivity index (χ4v) is 2.66. The summed E-state index contributed by atoms with van der Waals surface area (Å²) >= 11 is 0. The van der Waals surface area contributed by atoms with Crippen molar-refractivity contribution in [1.29, 1.82) is 0 Å². The van der Waals surface area contributed by atoms with Crippen molar-refractivity contribution in [2.75, 3.05) is 33.7 Å². The van der Waals surface area contributed by atoms with Crippen LogP contribution >= 0.6 is 0 Å². The van der Waals surface area contributed by atoms with Gasteiger partial charge in [-0.25, -0.2) is 0 Å². The molecule has 1 fully saturated rings. The molecule has 16 heavy (non-hydrogen) atoms. The van der Waals surface area contributed by atoms with Gasteiger partial charge < -0.3 is 15.5 Å². The Kier molecular flexibility index (Phi) is 6.32. The molecule has 0 aliphatic heterocycles. The molecule has 0 bridgehead atoms. The highest BCUT2D eigenvalue weighted by Gasteiger charge is 2.22. The lowest BCUT2D eigenvalue weighted by Crippen LogP contribution is -2.41. The fourth-order valence-electron chi connectivity index (χ4n) is 2.66. The van der Waals surface area contributed by atoms with Crippen LogP contribution in [0.5, 0.6) is 0 Å². The lowest BCUT2D eigenvalue weighted by molar-refractivity contribution is 0.151. The van der Waals surface area contributed by atoms with E-state index in [1.165, 1.54) is 51.7 Å². The number of hydrogen-bond donors (Lipinski definition) is 1. The average Bonchev–Trinajstić information content (AvgIpc) is 2.26. The second-order valence-electron chi connectivity index (χ2n) is 5.35. The third-order valence-electron chi connectivity index (χ3n) is 3.71. The van der Waals surface area contributed by atoms with Crippen LogP contribution in [0.3, 0.4) is 0 Å². The van der Waals surface area contributed by atoms with Crippen molar-refractivity contribution in [3.63, 3.8) is 0 Å². The maximum Gasteiger partial charge on any atom is 0.00963 e. The Labute approximate surface area is 101 Å². The van der Waals surface area contributed by atoms with E-state index in [1.807, 2.05) is 0 Å². The highest BCUT2D eigenvalue weighted by atomic mass is 15.2. The molecule has 1 aliphatic carbocycles. The molecule has 0 heterocycles. The van der Waals surface area contributed by atoms with Crippen LogP contribution in [0.25, 0.3) is 0 Å². The Morgan fingerprint density at radius 2 is 1.69 bits per heavy atom. The summed E-state index contributed by atoms with van der Waals surface area (Å²) in [6.45, 7) is 5.91. The molecule has 0 aromatic carbocycles. The van der Waals surface area contributed by atoms with Crippen LogP contribution in [0.1, 0.15) is 39.0 Å². The summed E-state index contributed by atoms with van der Waals surface area (Å²) in [6.07, 6.45) is 6.32. The Hall–Kier alpha value is -0.120. The van der Waals surface area contributed by atoms with Gasteiger partial charge in [0.1, 0.15) is 0 Å². The number of rotatable bonds is 6. The molecule has 1 aliphatic rings. The van der Waals surface area contributed by atoms with Gasteiger partial charge in [0, 0.05) is 12.1 Å². The van der Waals surface area contributed by atoms with Crippen LogP contribution < -0.4 is 5.73 Å².